The summed E-state index contributed by atoms with van der Waals surface area (Å²) in [5.74, 6) is 2.13. The molecule has 548 valence electrons. The molecule has 8 rings (SSSR count). The fourth-order valence-electron chi connectivity index (χ4n) is 10.9. The number of hydrogen-bond donors (Lipinski definition) is 2. The molecule has 8 aromatic carbocycles. The quantitative estimate of drug-likeness (QED) is 0.0396. The van der Waals surface area contributed by atoms with Crippen LogP contribution in [0, 0.1) is 28.7 Å². The van der Waals surface area contributed by atoms with Crippen LogP contribution in [-0.4, -0.2) is 38.5 Å². The molecule has 0 aliphatic carbocycles. The third-order valence-electron chi connectivity index (χ3n) is 16.5. The van der Waals surface area contributed by atoms with Crippen LogP contribution in [0.25, 0.3) is 9.44 Å². The first-order chi connectivity index (χ1) is 45.3. The summed E-state index contributed by atoms with van der Waals surface area (Å²) in [7, 11) is -3.35. The minimum atomic E-state index is -3.98. The zero-order valence-electron chi connectivity index (χ0n) is 62.9. The van der Waals surface area contributed by atoms with Crippen LogP contribution in [0.2, 0.25) is 0 Å². The molecule has 8 nitrogen and oxygen atoms in total. The van der Waals surface area contributed by atoms with E-state index < -0.39 is 39.7 Å². The van der Waals surface area contributed by atoms with Crippen molar-refractivity contribution in [1.82, 2.24) is 10.6 Å². The second-order valence-corrected chi connectivity index (χ2v) is 29.7. The molecular weight excluding hydrogens is 1490 g/mol. The van der Waals surface area contributed by atoms with Gasteiger partial charge in [0.2, 0.25) is 0 Å². The minimum Gasteiger partial charge on any atom is -1.00 e. The Morgan fingerprint density at radius 1 is 0.350 bits per heavy atom. The Hall–Kier alpha value is -5.18. The number of hydrogen-bond acceptors (Lipinski definition) is 6. The van der Waals surface area contributed by atoms with E-state index in [9.17, 15) is 29.8 Å². The number of benzene rings is 8. The molecule has 0 unspecified atom stereocenters. The van der Waals surface area contributed by atoms with Crippen LogP contribution in [-0.2, 0) is 56.8 Å². The monoisotopic (exact) mass is 1610 g/mol. The molecule has 100 heavy (non-hydrogen) atoms. The second-order valence-electron chi connectivity index (χ2n) is 26.6. The Kier molecular flexibility index (Phi) is 46.5. The molecule has 18 heteroatoms. The number of likely N-dealkylation sites (N-methyl/N-ethyl adjacent to an activating group) is 2. The first-order valence-electron chi connectivity index (χ1n) is 33.3. The maximum Gasteiger partial charge on any atom is 4.00 e. The van der Waals surface area contributed by atoms with E-state index in [1.54, 1.807) is 0 Å². The van der Waals surface area contributed by atoms with Gasteiger partial charge in [0.05, 0.1) is 9.79 Å². The van der Waals surface area contributed by atoms with Gasteiger partial charge in [-0.2, -0.15) is 0 Å². The summed E-state index contributed by atoms with van der Waals surface area (Å²) < 4.78 is 95.2. The van der Waals surface area contributed by atoms with E-state index in [0.29, 0.717) is 33.5 Å². The molecule has 0 bridgehead atoms. The van der Waals surface area contributed by atoms with Gasteiger partial charge < -0.3 is 39.6 Å². The van der Waals surface area contributed by atoms with Gasteiger partial charge in [0.15, 0.2) is 0 Å². The first-order valence-corrected chi connectivity index (χ1v) is 38.4. The Labute approximate surface area is 630 Å². The molecule has 0 saturated carbocycles. The van der Waals surface area contributed by atoms with E-state index in [1.807, 2.05) is 153 Å². The van der Waals surface area contributed by atoms with Crippen molar-refractivity contribution in [3.8, 4) is 0 Å². The van der Waals surface area contributed by atoms with Crippen molar-refractivity contribution in [1.29, 1.82) is 0 Å². The SMILES string of the molecule is CN[C@@H](c1ccccc1)[C@@H]([N-]S(=O)(=O)c1c(C(C)C)cc(C(C)C)cc1C(C)C)c1ccccc1.CN[C@@H](c1ccccc1)[C@@H]([N-]S(=O)(=O)c1c(C(C)C)cc(C(C)C)cc1C(C)C)c1ccccc1.Cc1ccc(C(C)C)cc1.Cc1ccc(C(C)C)cc1.FB(F)F.[CH3-].[CH3-].[Cl][Ru+3].[F-].[Ru+4]. The van der Waals surface area contributed by atoms with Gasteiger partial charge in [0.25, 0.3) is 0 Å². The summed E-state index contributed by atoms with van der Waals surface area (Å²) in [6.07, 6.45) is 0. The number of rotatable bonds is 22. The molecule has 0 heterocycles. The molecule has 8 aromatic rings. The van der Waals surface area contributed by atoms with Gasteiger partial charge in [0, 0.05) is 12.1 Å². The summed E-state index contributed by atoms with van der Waals surface area (Å²) in [6, 6.07) is 63.1. The maximum absolute atomic E-state index is 14.2. The molecule has 0 aliphatic rings. The smallest absolute Gasteiger partial charge is 1.00 e. The maximum atomic E-state index is 14.2. The predicted octanol–water partition coefficient (Wildman–Crippen LogP) is 21.3. The van der Waals surface area contributed by atoms with Crippen LogP contribution < -0.4 is 15.3 Å². The molecular formula is C82H112BClF4N4O4Ru2S2+2. The van der Waals surface area contributed by atoms with E-state index in [2.05, 4.69) is 227 Å². The van der Waals surface area contributed by atoms with Crippen LogP contribution in [0.15, 0.2) is 204 Å². The van der Waals surface area contributed by atoms with Crippen LogP contribution in [0.4, 0.5) is 12.9 Å². The van der Waals surface area contributed by atoms with E-state index in [1.165, 1.54) is 22.3 Å². The van der Waals surface area contributed by atoms with Crippen molar-refractivity contribution in [2.24, 2.45) is 0 Å². The van der Waals surface area contributed by atoms with Crippen molar-refractivity contribution in [3.63, 3.8) is 0 Å². The van der Waals surface area contributed by atoms with Crippen molar-refractivity contribution in [2.75, 3.05) is 14.1 Å². The standard InChI is InChI=1S/2C30H39N2O2S.2C10H14.2CH3.BF3.ClH.FH.2Ru/c2*1-20(2)25-18-26(21(3)4)30(27(19-25)22(5)6)35(33,34)32-29(24-16-12-9-13-17-24)28(31-7)23-14-10-8-11-15-23;2*1-8(2)10-6-4-9(3)5-7-10;;;2-1(3)4;;;;/h2*8-22,28-29,31H,1-7H3;2*4-8H,1-3H3;2*1H3;;2*1H;;/q2*-1;;;2*-1;;;;2*+4/p-2/t2*28-,29-;;;;;;;;;/m00........./s1. The Morgan fingerprint density at radius 3 is 0.730 bits per heavy atom. The van der Waals surface area contributed by atoms with Gasteiger partial charge in [-0.05, 0) is 131 Å². The fourth-order valence-corrected chi connectivity index (χ4v) is 14.6. The second kappa shape index (κ2) is 48.0. The molecule has 0 radical (unpaired) electrons. The zero-order valence-corrected chi connectivity index (χ0v) is 68.8. The van der Waals surface area contributed by atoms with Gasteiger partial charge in [-0.15, -0.1) is 0 Å². The predicted molar refractivity (Wildman–Crippen MR) is 412 cm³/mol. The number of nitrogens with one attached hydrogen (secondary N) is 2. The minimum absolute atomic E-state index is 0. The summed E-state index contributed by atoms with van der Waals surface area (Å²) >= 11 is 1.82. The van der Waals surface area contributed by atoms with Gasteiger partial charge in [-0.25, -0.2) is 16.8 Å². The van der Waals surface area contributed by atoms with Crippen LogP contribution >= 0.6 is 9.69 Å². The van der Waals surface area contributed by atoms with Crippen LogP contribution in [0.1, 0.15) is 260 Å². The fraction of sp³-hybridized carbons (Fsp3) is 0.390. The van der Waals surface area contributed by atoms with Gasteiger partial charge in [0.1, 0.15) is 20.0 Å². The third-order valence-corrected chi connectivity index (χ3v) is 19.5. The van der Waals surface area contributed by atoms with E-state index >= 15 is 0 Å². The number of nitrogens with zero attached hydrogens (tertiary/aromatic N) is 2. The topological polar surface area (TPSA) is 121 Å². The number of aryl methyl sites for hydroxylation is 2. The summed E-state index contributed by atoms with van der Waals surface area (Å²) in [4.78, 5) is 0.742. The summed E-state index contributed by atoms with van der Waals surface area (Å²) in [5.41, 5.74) is 14.9. The van der Waals surface area contributed by atoms with Gasteiger partial charge in [-0.1, -0.05) is 339 Å². The van der Waals surface area contributed by atoms with Crippen molar-refractivity contribution < 1.29 is 71.3 Å². The Morgan fingerprint density at radius 2 is 0.550 bits per heavy atom. The van der Waals surface area contributed by atoms with Crippen molar-refractivity contribution in [2.45, 2.75) is 206 Å². The Balaban J connectivity index is 0. The zero-order chi connectivity index (χ0) is 72.2. The average molecular weight is 1610 g/mol. The van der Waals surface area contributed by atoms with E-state index in [-0.39, 0.29) is 74.8 Å². The molecule has 0 amide bonds. The summed E-state index contributed by atoms with van der Waals surface area (Å²) in [6.45, 7) is 38.1. The molecule has 0 spiro atoms. The van der Waals surface area contributed by atoms with Crippen molar-refractivity contribution in [3.05, 3.63) is 296 Å². The molecule has 2 N–H and O–H groups in total. The van der Waals surface area contributed by atoms with Crippen molar-refractivity contribution >= 4 is 37.3 Å². The third kappa shape index (κ3) is 30.3. The largest absolute Gasteiger partial charge is 4.00 e. The summed E-state index contributed by atoms with van der Waals surface area (Å²) in [5, 5.41) is 6.66. The molecule has 0 saturated heterocycles. The van der Waals surface area contributed by atoms with Crippen LogP contribution in [0.3, 0.4) is 0 Å². The molecule has 0 fully saturated rings. The first kappa shape index (κ1) is 96.9. The normalized spacial score (nSPS) is 12.2. The molecule has 0 aliphatic heterocycles. The van der Waals surface area contributed by atoms with E-state index in [4.69, 9.17) is 0 Å². The molecule has 4 atom stereocenters. The van der Waals surface area contributed by atoms with Gasteiger partial charge in [-0.3, -0.25) is 12.9 Å². The Bertz CT molecular complexity index is 3450. The number of halogens is 5. The van der Waals surface area contributed by atoms with Gasteiger partial charge >= 0.3 is 54.0 Å². The number of sulfonamides is 2. The van der Waals surface area contributed by atoms with Crippen LogP contribution in [0.5, 0.6) is 0 Å². The average Bonchev–Trinajstić information content (AvgIpc) is 0.768. The van der Waals surface area contributed by atoms with E-state index in [0.717, 1.165) is 55.6 Å². The molecule has 0 aromatic heterocycles.